The van der Waals surface area contributed by atoms with E-state index in [1.54, 1.807) is 27.7 Å². The van der Waals surface area contributed by atoms with Crippen LogP contribution in [0.2, 0.25) is 5.54 Å². The maximum atomic E-state index is 10.8. The van der Waals surface area contributed by atoms with Gasteiger partial charge in [-0.1, -0.05) is 13.8 Å². The first kappa shape index (κ1) is 25.2. The van der Waals surface area contributed by atoms with Gasteiger partial charge in [0.2, 0.25) is 0 Å². The molecule has 0 spiro atoms. The topological polar surface area (TPSA) is 75.6 Å². The van der Waals surface area contributed by atoms with Gasteiger partial charge in [-0.25, -0.2) is 0 Å². The van der Waals surface area contributed by atoms with Gasteiger partial charge in [-0.05, 0) is 60.9 Å². The van der Waals surface area contributed by atoms with Crippen molar-refractivity contribution >= 4 is 18.8 Å². The van der Waals surface area contributed by atoms with Crippen LogP contribution in [0.15, 0.2) is 0 Å². The molecular weight excluding hydrogens is 360 g/mol. The summed E-state index contributed by atoms with van der Waals surface area (Å²) in [6.45, 7) is 18.7. The minimum Gasteiger partial charge on any atom is -0.399 e. The molecular formula is C16H38O7Si2. The van der Waals surface area contributed by atoms with Gasteiger partial charge in [-0.3, -0.25) is 4.43 Å². The second-order valence-electron chi connectivity index (χ2n) is 7.50. The highest BCUT2D eigenvalue weighted by molar-refractivity contribution is 6.60. The molecule has 9 heteroatoms. The molecule has 0 unspecified atom stereocenters. The third kappa shape index (κ3) is 11.5. The first-order valence-electron chi connectivity index (χ1n) is 9.07. The molecule has 0 saturated heterocycles. The zero-order valence-corrected chi connectivity index (χ0v) is 19.9. The number of aliphatic hydroxyl groups is 1. The van der Waals surface area contributed by atoms with Crippen molar-refractivity contribution in [2.75, 3.05) is 0 Å². The molecule has 0 atom stereocenters. The van der Waals surface area contributed by atoms with E-state index in [2.05, 4.69) is 13.8 Å². The van der Waals surface area contributed by atoms with Crippen LogP contribution in [0.1, 0.15) is 69.2 Å². The first-order valence-corrected chi connectivity index (χ1v) is 12.1. The molecule has 1 N–H and O–H groups in total. The molecule has 0 radical (unpaired) electrons. The molecule has 0 aromatic carbocycles. The molecule has 0 aliphatic heterocycles. The standard InChI is InChI=1S/C16H38O7Si2/c1-11(2)18-16(17,19-12(3)4)22-25(20-13(5)6,21-14(7)8)23-24-15(9)10/h11-15,17H,24H2,1-10H3. The van der Waals surface area contributed by atoms with Gasteiger partial charge >= 0.3 is 15.2 Å². The van der Waals surface area contributed by atoms with E-state index in [1.165, 1.54) is 0 Å². The molecule has 0 fully saturated rings. The zero-order chi connectivity index (χ0) is 19.8. The van der Waals surface area contributed by atoms with Crippen LogP contribution in [0, 0.1) is 0 Å². The number of hydrogen-bond acceptors (Lipinski definition) is 7. The van der Waals surface area contributed by atoms with E-state index >= 15 is 0 Å². The van der Waals surface area contributed by atoms with E-state index in [0.29, 0.717) is 5.54 Å². The van der Waals surface area contributed by atoms with Crippen molar-refractivity contribution in [1.29, 1.82) is 0 Å². The molecule has 0 heterocycles. The predicted molar refractivity (Wildman–Crippen MR) is 101 cm³/mol. The molecule has 0 aromatic heterocycles. The average molecular weight is 399 g/mol. The molecule has 0 aliphatic rings. The number of hydrogen-bond donors (Lipinski definition) is 1. The van der Waals surface area contributed by atoms with E-state index in [0.717, 1.165) is 0 Å². The molecule has 0 rings (SSSR count). The van der Waals surface area contributed by atoms with Crippen LogP contribution in [-0.4, -0.2) is 54.5 Å². The van der Waals surface area contributed by atoms with Crippen LogP contribution in [0.5, 0.6) is 0 Å². The lowest BCUT2D eigenvalue weighted by Gasteiger charge is -2.39. The van der Waals surface area contributed by atoms with Gasteiger partial charge in [0.1, 0.15) is 0 Å². The Morgan fingerprint density at radius 1 is 0.720 bits per heavy atom. The summed E-state index contributed by atoms with van der Waals surface area (Å²) in [5.74, 6) is 0. The second-order valence-corrected chi connectivity index (χ2v) is 12.3. The van der Waals surface area contributed by atoms with Crippen molar-refractivity contribution in [3.63, 3.8) is 0 Å². The monoisotopic (exact) mass is 398 g/mol. The van der Waals surface area contributed by atoms with Crippen LogP contribution in [0.3, 0.4) is 0 Å². The highest BCUT2D eigenvalue weighted by Crippen LogP contribution is 2.27. The quantitative estimate of drug-likeness (QED) is 0.377. The Morgan fingerprint density at radius 3 is 1.40 bits per heavy atom. The Kier molecular flexibility index (Phi) is 11.2. The SMILES string of the molecule is CC(C)OC(O)(OC(C)C)O[Si](O[SiH2]C(C)C)(OC(C)C)OC(C)C. The summed E-state index contributed by atoms with van der Waals surface area (Å²) in [6, 6.07) is 0. The Bertz CT molecular complexity index is 342. The van der Waals surface area contributed by atoms with E-state index in [9.17, 15) is 5.11 Å². The number of rotatable bonds is 13. The minimum absolute atomic E-state index is 0.214. The fourth-order valence-corrected chi connectivity index (χ4v) is 6.50. The van der Waals surface area contributed by atoms with Crippen molar-refractivity contribution in [3.8, 4) is 0 Å². The lowest BCUT2D eigenvalue weighted by atomic mass is 10.5. The molecule has 152 valence electrons. The van der Waals surface area contributed by atoms with Gasteiger partial charge in [-0.15, -0.1) is 0 Å². The molecule has 0 aliphatic carbocycles. The van der Waals surface area contributed by atoms with Gasteiger partial charge in [0, 0.05) is 12.2 Å². The maximum Gasteiger partial charge on any atom is 0.674 e. The van der Waals surface area contributed by atoms with Crippen molar-refractivity contribution in [3.05, 3.63) is 0 Å². The normalized spacial score (nSPS) is 14.4. The smallest absolute Gasteiger partial charge is 0.399 e. The Labute approximate surface area is 156 Å². The average Bonchev–Trinajstić information content (AvgIpc) is 2.31. The van der Waals surface area contributed by atoms with Crippen molar-refractivity contribution < 1.29 is 32.0 Å². The van der Waals surface area contributed by atoms with Crippen LogP contribution in [0.4, 0.5) is 0 Å². The molecule has 25 heavy (non-hydrogen) atoms. The highest BCUT2D eigenvalue weighted by Gasteiger charge is 2.55. The van der Waals surface area contributed by atoms with Gasteiger partial charge in [0.05, 0.1) is 12.2 Å². The summed E-state index contributed by atoms with van der Waals surface area (Å²) >= 11 is 0. The summed E-state index contributed by atoms with van der Waals surface area (Å²) < 4.78 is 34.8. The fraction of sp³-hybridized carbons (Fsp3) is 1.00. The number of ether oxygens (including phenoxy) is 2. The summed E-state index contributed by atoms with van der Waals surface area (Å²) in [5, 5.41) is 10.8. The highest BCUT2D eigenvalue weighted by atomic mass is 28.4. The Balaban J connectivity index is 5.68. The van der Waals surface area contributed by atoms with Gasteiger partial charge in [0.25, 0.3) is 0 Å². The van der Waals surface area contributed by atoms with Crippen LogP contribution >= 0.6 is 0 Å². The second kappa shape index (κ2) is 11.1. The van der Waals surface area contributed by atoms with Crippen molar-refractivity contribution in [2.45, 2.75) is 105 Å². The molecule has 0 aromatic rings. The zero-order valence-electron chi connectivity index (χ0n) is 17.5. The van der Waals surface area contributed by atoms with Crippen LogP contribution in [0.25, 0.3) is 0 Å². The molecule has 0 bridgehead atoms. The van der Waals surface area contributed by atoms with Crippen LogP contribution < -0.4 is 0 Å². The van der Waals surface area contributed by atoms with Gasteiger partial charge in [0.15, 0.2) is 9.76 Å². The Morgan fingerprint density at radius 2 is 1.12 bits per heavy atom. The van der Waals surface area contributed by atoms with Crippen molar-refractivity contribution in [1.82, 2.24) is 0 Å². The predicted octanol–water partition coefficient (Wildman–Crippen LogP) is 2.67. The van der Waals surface area contributed by atoms with E-state index < -0.39 is 25.0 Å². The third-order valence-electron chi connectivity index (χ3n) is 2.38. The summed E-state index contributed by atoms with van der Waals surface area (Å²) in [7, 11) is -4.69. The summed E-state index contributed by atoms with van der Waals surface area (Å²) in [4.78, 5) is 0. The lowest BCUT2D eigenvalue weighted by Crippen LogP contribution is -2.60. The van der Waals surface area contributed by atoms with E-state index in [-0.39, 0.29) is 24.4 Å². The summed E-state index contributed by atoms with van der Waals surface area (Å²) in [6.07, 6.45) is -3.40. The molecule has 0 amide bonds. The first-order chi connectivity index (χ1) is 11.3. The third-order valence-corrected chi connectivity index (χ3v) is 7.15. The van der Waals surface area contributed by atoms with Gasteiger partial charge in [-0.2, -0.15) is 0 Å². The van der Waals surface area contributed by atoms with Crippen molar-refractivity contribution in [2.24, 2.45) is 0 Å². The Hall–Kier alpha value is 0.154. The lowest BCUT2D eigenvalue weighted by molar-refractivity contribution is -0.485. The van der Waals surface area contributed by atoms with Gasteiger partial charge < -0.3 is 27.5 Å². The maximum absolute atomic E-state index is 10.8. The summed E-state index contributed by atoms with van der Waals surface area (Å²) in [5.41, 5.74) is 0.368. The minimum atomic E-state index is -3.69. The van der Waals surface area contributed by atoms with E-state index in [4.69, 9.17) is 26.9 Å². The molecule has 7 nitrogen and oxygen atoms in total. The molecule has 0 saturated carbocycles. The fourth-order valence-electron chi connectivity index (χ4n) is 1.85. The van der Waals surface area contributed by atoms with Crippen LogP contribution in [-0.2, 0) is 26.9 Å². The van der Waals surface area contributed by atoms with E-state index in [1.807, 2.05) is 27.7 Å². The largest absolute Gasteiger partial charge is 0.674 e.